The molecule has 1 atom stereocenters. The Morgan fingerprint density at radius 3 is 2.80 bits per heavy atom. The second-order valence-corrected chi connectivity index (χ2v) is 5.24. The lowest BCUT2D eigenvalue weighted by Crippen LogP contribution is -2.65. The summed E-state index contributed by atoms with van der Waals surface area (Å²) >= 11 is 0. The third-order valence-electron chi connectivity index (χ3n) is 3.25. The number of hydrogen-bond donors (Lipinski definition) is 2. The van der Waals surface area contributed by atoms with E-state index in [0.29, 0.717) is 39.5 Å². The third kappa shape index (κ3) is 4.06. The average Bonchev–Trinajstić information content (AvgIpc) is 2.40. The van der Waals surface area contributed by atoms with E-state index in [9.17, 15) is 9.59 Å². The van der Waals surface area contributed by atoms with Gasteiger partial charge in [-0.2, -0.15) is 0 Å². The zero-order valence-electron chi connectivity index (χ0n) is 11.5. The highest BCUT2D eigenvalue weighted by Crippen LogP contribution is 2.24. The number of nitrogens with one attached hydrogen (secondary N) is 1. The molecule has 2 rings (SSSR count). The van der Waals surface area contributed by atoms with Gasteiger partial charge in [-0.25, -0.2) is 9.59 Å². The van der Waals surface area contributed by atoms with E-state index >= 15 is 0 Å². The van der Waals surface area contributed by atoms with E-state index in [2.05, 4.69) is 5.32 Å². The molecule has 0 spiro atoms. The van der Waals surface area contributed by atoms with Crippen LogP contribution in [0.2, 0.25) is 0 Å². The first-order valence-electron chi connectivity index (χ1n) is 6.56. The standard InChI is InChI=1S/C12H20N2O6/c1-12(20-6-10(15)16)7-14(8-12)11(17)13-4-9-5-18-2-3-19-9/h9H,2-8H2,1H3,(H,13,17)(H,15,16). The maximum atomic E-state index is 11.8. The summed E-state index contributed by atoms with van der Waals surface area (Å²) in [5, 5.41) is 11.3. The molecule has 2 aliphatic rings. The summed E-state index contributed by atoms with van der Waals surface area (Å²) in [5.41, 5.74) is -0.569. The zero-order valence-corrected chi connectivity index (χ0v) is 11.5. The summed E-state index contributed by atoms with van der Waals surface area (Å²) in [4.78, 5) is 23.9. The van der Waals surface area contributed by atoms with Gasteiger partial charge >= 0.3 is 12.0 Å². The fourth-order valence-electron chi connectivity index (χ4n) is 2.20. The smallest absolute Gasteiger partial charge is 0.329 e. The Kier molecular flexibility index (Phi) is 4.79. The lowest BCUT2D eigenvalue weighted by molar-refractivity contribution is -0.159. The number of amides is 2. The predicted octanol–water partition coefficient (Wildman–Crippen LogP) is -0.713. The second-order valence-electron chi connectivity index (χ2n) is 5.24. The largest absolute Gasteiger partial charge is 0.480 e. The van der Waals surface area contributed by atoms with Crippen LogP contribution in [-0.4, -0.2) is 79.8 Å². The van der Waals surface area contributed by atoms with E-state index in [4.69, 9.17) is 19.3 Å². The molecule has 2 fully saturated rings. The molecule has 2 N–H and O–H groups in total. The maximum absolute atomic E-state index is 11.8. The Hall–Kier alpha value is -1.38. The van der Waals surface area contributed by atoms with Gasteiger partial charge in [0.25, 0.3) is 0 Å². The summed E-state index contributed by atoms with van der Waals surface area (Å²) in [6.07, 6.45) is -0.108. The van der Waals surface area contributed by atoms with Crippen LogP contribution in [0.4, 0.5) is 4.79 Å². The van der Waals surface area contributed by atoms with Crippen LogP contribution in [0.5, 0.6) is 0 Å². The van der Waals surface area contributed by atoms with Crippen molar-refractivity contribution in [1.29, 1.82) is 0 Å². The summed E-state index contributed by atoms with van der Waals surface area (Å²) in [6, 6.07) is -0.199. The molecule has 0 radical (unpaired) electrons. The molecule has 1 unspecified atom stereocenters. The number of hydrogen-bond acceptors (Lipinski definition) is 5. The van der Waals surface area contributed by atoms with Gasteiger partial charge in [-0.3, -0.25) is 0 Å². The predicted molar refractivity (Wildman–Crippen MR) is 67.5 cm³/mol. The van der Waals surface area contributed by atoms with Gasteiger partial charge in [0.05, 0.1) is 39.0 Å². The molecule has 0 bridgehead atoms. The fourth-order valence-corrected chi connectivity index (χ4v) is 2.20. The van der Waals surface area contributed by atoms with Gasteiger partial charge < -0.3 is 29.5 Å². The van der Waals surface area contributed by atoms with Crippen molar-refractivity contribution in [2.24, 2.45) is 0 Å². The molecular weight excluding hydrogens is 268 g/mol. The molecule has 2 amide bonds. The van der Waals surface area contributed by atoms with Crippen LogP contribution >= 0.6 is 0 Å². The van der Waals surface area contributed by atoms with E-state index in [-0.39, 0.29) is 18.7 Å². The topological polar surface area (TPSA) is 97.3 Å². The molecule has 0 saturated carbocycles. The van der Waals surface area contributed by atoms with Gasteiger partial charge in [0, 0.05) is 6.54 Å². The highest BCUT2D eigenvalue weighted by atomic mass is 16.6. The molecule has 2 heterocycles. The monoisotopic (exact) mass is 288 g/mol. The lowest BCUT2D eigenvalue weighted by atomic mass is 9.97. The van der Waals surface area contributed by atoms with Crippen LogP contribution < -0.4 is 5.32 Å². The van der Waals surface area contributed by atoms with Gasteiger partial charge in [-0.15, -0.1) is 0 Å². The van der Waals surface area contributed by atoms with Crippen molar-refractivity contribution in [3.8, 4) is 0 Å². The molecule has 2 saturated heterocycles. The normalized spacial score (nSPS) is 24.9. The first-order valence-corrected chi connectivity index (χ1v) is 6.56. The van der Waals surface area contributed by atoms with Gasteiger partial charge in [0.2, 0.25) is 0 Å². The van der Waals surface area contributed by atoms with Crippen LogP contribution in [0.15, 0.2) is 0 Å². The first-order chi connectivity index (χ1) is 9.48. The number of nitrogens with zero attached hydrogens (tertiary/aromatic N) is 1. The molecular formula is C12H20N2O6. The van der Waals surface area contributed by atoms with Gasteiger partial charge in [0.15, 0.2) is 0 Å². The molecule has 8 nitrogen and oxygen atoms in total. The molecule has 0 aromatic rings. The van der Waals surface area contributed by atoms with Crippen LogP contribution in [0.1, 0.15) is 6.92 Å². The molecule has 0 aromatic carbocycles. The molecule has 2 aliphatic heterocycles. The summed E-state index contributed by atoms with van der Waals surface area (Å²) < 4.78 is 15.9. The first kappa shape index (κ1) is 15.0. The number of carboxylic acids is 1. The quantitative estimate of drug-likeness (QED) is 0.693. The maximum Gasteiger partial charge on any atom is 0.329 e. The molecule has 0 aromatic heterocycles. The van der Waals surface area contributed by atoms with E-state index in [1.165, 1.54) is 0 Å². The van der Waals surface area contributed by atoms with Crippen LogP contribution in [-0.2, 0) is 19.0 Å². The highest BCUT2D eigenvalue weighted by Gasteiger charge is 2.42. The number of carbonyl (C=O) groups excluding carboxylic acids is 1. The van der Waals surface area contributed by atoms with Crippen molar-refractivity contribution in [1.82, 2.24) is 10.2 Å². The van der Waals surface area contributed by atoms with Crippen molar-refractivity contribution in [2.45, 2.75) is 18.6 Å². The minimum atomic E-state index is -1.01. The third-order valence-corrected chi connectivity index (χ3v) is 3.25. The number of ether oxygens (including phenoxy) is 3. The number of aliphatic carboxylic acids is 1. The van der Waals surface area contributed by atoms with E-state index in [1.807, 2.05) is 0 Å². The minimum absolute atomic E-state index is 0.108. The van der Waals surface area contributed by atoms with Crippen LogP contribution in [0.3, 0.4) is 0 Å². The van der Waals surface area contributed by atoms with Gasteiger partial charge in [-0.1, -0.05) is 0 Å². The van der Waals surface area contributed by atoms with Gasteiger partial charge in [0.1, 0.15) is 12.2 Å². The Labute approximate surface area is 117 Å². The minimum Gasteiger partial charge on any atom is -0.480 e. The Bertz CT molecular complexity index is 363. The second kappa shape index (κ2) is 6.38. The number of carbonyl (C=O) groups is 2. The number of rotatable bonds is 5. The molecule has 114 valence electrons. The Morgan fingerprint density at radius 1 is 1.45 bits per heavy atom. The lowest BCUT2D eigenvalue weighted by Gasteiger charge is -2.47. The van der Waals surface area contributed by atoms with E-state index in [1.54, 1.807) is 11.8 Å². The van der Waals surface area contributed by atoms with Crippen molar-refractivity contribution in [2.75, 3.05) is 46.1 Å². The Morgan fingerprint density at radius 2 is 2.20 bits per heavy atom. The van der Waals surface area contributed by atoms with E-state index in [0.717, 1.165) is 0 Å². The number of likely N-dealkylation sites (tertiary alicyclic amines) is 1. The number of urea groups is 1. The molecule has 20 heavy (non-hydrogen) atoms. The van der Waals surface area contributed by atoms with Gasteiger partial charge in [-0.05, 0) is 6.92 Å². The van der Waals surface area contributed by atoms with E-state index < -0.39 is 11.6 Å². The van der Waals surface area contributed by atoms with Crippen molar-refractivity contribution in [3.63, 3.8) is 0 Å². The number of carboxylic acid groups (broad SMARTS) is 1. The fraction of sp³-hybridized carbons (Fsp3) is 0.833. The van der Waals surface area contributed by atoms with Crippen LogP contribution in [0.25, 0.3) is 0 Å². The van der Waals surface area contributed by atoms with Crippen molar-refractivity contribution in [3.05, 3.63) is 0 Å². The summed E-state index contributed by atoms with van der Waals surface area (Å²) in [5.74, 6) is -1.01. The van der Waals surface area contributed by atoms with Crippen molar-refractivity contribution >= 4 is 12.0 Å². The summed E-state index contributed by atoms with van der Waals surface area (Å²) in [6.45, 7) is 4.24. The van der Waals surface area contributed by atoms with Crippen molar-refractivity contribution < 1.29 is 28.9 Å². The molecule has 8 heteroatoms. The average molecular weight is 288 g/mol. The Balaban J connectivity index is 1.64. The summed E-state index contributed by atoms with van der Waals surface area (Å²) in [7, 11) is 0. The molecule has 0 aliphatic carbocycles. The highest BCUT2D eigenvalue weighted by molar-refractivity contribution is 5.75. The zero-order chi connectivity index (χ0) is 14.6. The SMILES string of the molecule is CC1(OCC(=O)O)CN(C(=O)NCC2COCCO2)C1. The van der Waals surface area contributed by atoms with Crippen LogP contribution in [0, 0.1) is 0 Å².